The summed E-state index contributed by atoms with van der Waals surface area (Å²) < 4.78 is 5.56. The number of hydrogen-bond donors (Lipinski definition) is 2. The van der Waals surface area contributed by atoms with E-state index < -0.39 is 0 Å². The molecule has 0 bridgehead atoms. The molecule has 3 rings (SSSR count). The third kappa shape index (κ3) is 7.09. The number of nitrogens with zero attached hydrogens (tertiary/aromatic N) is 4. The van der Waals surface area contributed by atoms with Crippen molar-refractivity contribution in [3.8, 4) is 0 Å². The maximum Gasteiger partial charge on any atom is 0.191 e. The van der Waals surface area contributed by atoms with E-state index in [1.807, 2.05) is 0 Å². The van der Waals surface area contributed by atoms with Crippen molar-refractivity contribution >= 4 is 5.96 Å². The molecule has 2 N–H and O–H groups in total. The molecule has 2 saturated heterocycles. The quantitative estimate of drug-likeness (QED) is 0.486. The lowest BCUT2D eigenvalue weighted by molar-refractivity contribution is 0.00937. The summed E-state index contributed by atoms with van der Waals surface area (Å²) in [5.74, 6) is 0.987. The molecule has 7 heteroatoms. The molecular weight excluding hydrogens is 364 g/mol. The molecular formula is C22H44N6O. The van der Waals surface area contributed by atoms with E-state index in [2.05, 4.69) is 46.4 Å². The van der Waals surface area contributed by atoms with E-state index in [0.717, 1.165) is 71.5 Å². The highest BCUT2D eigenvalue weighted by Crippen LogP contribution is 2.37. The Kier molecular flexibility index (Phi) is 9.03. The predicted octanol–water partition coefficient (Wildman–Crippen LogP) is 1.07. The number of ether oxygens (including phenoxy) is 1. The van der Waals surface area contributed by atoms with Crippen LogP contribution in [0.25, 0.3) is 0 Å². The van der Waals surface area contributed by atoms with Gasteiger partial charge in [-0.2, -0.15) is 0 Å². The zero-order valence-corrected chi connectivity index (χ0v) is 19.1. The zero-order valence-electron chi connectivity index (χ0n) is 19.1. The molecule has 1 unspecified atom stereocenters. The highest BCUT2D eigenvalue weighted by atomic mass is 16.5. The second-order valence-corrected chi connectivity index (χ2v) is 9.42. The Bertz CT molecular complexity index is 502. The molecule has 3 aliphatic rings. The third-order valence-electron chi connectivity index (χ3n) is 6.98. The van der Waals surface area contributed by atoms with Crippen LogP contribution in [0.1, 0.15) is 39.0 Å². The Labute approximate surface area is 178 Å². The monoisotopic (exact) mass is 408 g/mol. The van der Waals surface area contributed by atoms with E-state index in [1.54, 1.807) is 0 Å². The molecule has 2 aliphatic heterocycles. The fourth-order valence-electron chi connectivity index (χ4n) is 5.03. The van der Waals surface area contributed by atoms with Crippen molar-refractivity contribution in [3.63, 3.8) is 0 Å². The summed E-state index contributed by atoms with van der Waals surface area (Å²) in [5.41, 5.74) is 0.333. The Morgan fingerprint density at radius 3 is 2.52 bits per heavy atom. The number of piperazine rings is 1. The van der Waals surface area contributed by atoms with Gasteiger partial charge in [-0.15, -0.1) is 0 Å². The van der Waals surface area contributed by atoms with Crippen molar-refractivity contribution in [2.45, 2.75) is 45.1 Å². The molecule has 1 saturated carbocycles. The van der Waals surface area contributed by atoms with Gasteiger partial charge in [0.15, 0.2) is 5.96 Å². The molecule has 2 heterocycles. The lowest BCUT2D eigenvalue weighted by Gasteiger charge is -2.41. The van der Waals surface area contributed by atoms with Gasteiger partial charge in [-0.3, -0.25) is 14.8 Å². The highest BCUT2D eigenvalue weighted by Gasteiger charge is 2.34. The number of nitrogens with one attached hydrogen (secondary N) is 2. The van der Waals surface area contributed by atoms with Gasteiger partial charge in [-0.25, -0.2) is 0 Å². The Morgan fingerprint density at radius 2 is 1.79 bits per heavy atom. The molecule has 0 aromatic carbocycles. The maximum absolute atomic E-state index is 5.56. The molecule has 1 aliphatic carbocycles. The summed E-state index contributed by atoms with van der Waals surface area (Å²) in [6, 6.07) is 0.537. The van der Waals surface area contributed by atoms with Gasteiger partial charge in [0, 0.05) is 70.4 Å². The molecule has 0 aromatic heterocycles. The summed E-state index contributed by atoms with van der Waals surface area (Å²) in [5, 5.41) is 7.12. The molecule has 29 heavy (non-hydrogen) atoms. The van der Waals surface area contributed by atoms with Crippen LogP contribution in [-0.4, -0.2) is 113 Å². The van der Waals surface area contributed by atoms with Crippen LogP contribution in [0.2, 0.25) is 0 Å². The first-order valence-corrected chi connectivity index (χ1v) is 11.8. The van der Waals surface area contributed by atoms with Gasteiger partial charge < -0.3 is 20.3 Å². The molecule has 7 nitrogen and oxygen atoms in total. The SMILES string of the molecule is CCNC(=NCC1(CN2CCOCC2)CCCCC1)NCC1CN(C)CCN1C. The summed E-state index contributed by atoms with van der Waals surface area (Å²) in [6.45, 7) is 13.4. The Hall–Kier alpha value is -0.890. The van der Waals surface area contributed by atoms with Crippen LogP contribution in [0.3, 0.4) is 0 Å². The second kappa shape index (κ2) is 11.5. The van der Waals surface area contributed by atoms with Gasteiger partial charge >= 0.3 is 0 Å². The van der Waals surface area contributed by atoms with E-state index in [4.69, 9.17) is 9.73 Å². The van der Waals surface area contributed by atoms with E-state index >= 15 is 0 Å². The van der Waals surface area contributed by atoms with Crippen molar-refractivity contribution in [3.05, 3.63) is 0 Å². The first kappa shape index (κ1) is 22.8. The zero-order chi connectivity index (χ0) is 20.5. The minimum atomic E-state index is 0.333. The maximum atomic E-state index is 5.56. The van der Waals surface area contributed by atoms with Gasteiger partial charge in [0.25, 0.3) is 0 Å². The van der Waals surface area contributed by atoms with E-state index in [-0.39, 0.29) is 0 Å². The minimum Gasteiger partial charge on any atom is -0.379 e. The van der Waals surface area contributed by atoms with E-state index in [1.165, 1.54) is 38.6 Å². The van der Waals surface area contributed by atoms with Crippen LogP contribution in [0, 0.1) is 5.41 Å². The van der Waals surface area contributed by atoms with Crippen molar-refractivity contribution in [2.24, 2.45) is 10.4 Å². The summed E-state index contributed by atoms with van der Waals surface area (Å²) in [4.78, 5) is 12.6. The van der Waals surface area contributed by atoms with Crippen molar-refractivity contribution in [2.75, 3.05) is 86.2 Å². The van der Waals surface area contributed by atoms with Crippen LogP contribution in [0.15, 0.2) is 4.99 Å². The topological polar surface area (TPSA) is 55.4 Å². The van der Waals surface area contributed by atoms with Crippen molar-refractivity contribution < 1.29 is 4.74 Å². The largest absolute Gasteiger partial charge is 0.379 e. The van der Waals surface area contributed by atoms with Gasteiger partial charge in [0.1, 0.15) is 0 Å². The minimum absolute atomic E-state index is 0.333. The van der Waals surface area contributed by atoms with Crippen molar-refractivity contribution in [1.82, 2.24) is 25.3 Å². The molecule has 3 fully saturated rings. The molecule has 1 atom stereocenters. The average molecular weight is 409 g/mol. The van der Waals surface area contributed by atoms with Gasteiger partial charge in [0.05, 0.1) is 13.2 Å². The van der Waals surface area contributed by atoms with Gasteiger partial charge in [0.2, 0.25) is 0 Å². The summed E-state index contributed by atoms with van der Waals surface area (Å²) in [7, 11) is 4.46. The molecule has 0 aromatic rings. The normalized spacial score (nSPS) is 27.7. The lowest BCUT2D eigenvalue weighted by Crippen LogP contribution is -2.55. The highest BCUT2D eigenvalue weighted by molar-refractivity contribution is 5.79. The Morgan fingerprint density at radius 1 is 1.03 bits per heavy atom. The first-order chi connectivity index (χ1) is 14.1. The van der Waals surface area contributed by atoms with Crippen LogP contribution in [0.5, 0.6) is 0 Å². The van der Waals surface area contributed by atoms with Crippen LogP contribution < -0.4 is 10.6 Å². The lowest BCUT2D eigenvalue weighted by atomic mass is 9.73. The fraction of sp³-hybridized carbons (Fsp3) is 0.955. The van der Waals surface area contributed by atoms with Crippen LogP contribution in [-0.2, 0) is 4.74 Å². The smallest absolute Gasteiger partial charge is 0.191 e. The fourth-order valence-corrected chi connectivity index (χ4v) is 5.03. The van der Waals surface area contributed by atoms with Gasteiger partial charge in [-0.1, -0.05) is 19.3 Å². The molecule has 0 amide bonds. The summed E-state index contributed by atoms with van der Waals surface area (Å²) in [6.07, 6.45) is 6.70. The molecule has 0 spiro atoms. The number of hydrogen-bond acceptors (Lipinski definition) is 5. The second-order valence-electron chi connectivity index (χ2n) is 9.42. The third-order valence-corrected chi connectivity index (χ3v) is 6.98. The van der Waals surface area contributed by atoms with Crippen LogP contribution in [0.4, 0.5) is 0 Å². The standard InChI is InChI=1S/C22H44N6O/c1-4-23-21(24-16-20-17-26(2)10-11-27(20)3)25-18-22(8-6-5-7-9-22)19-28-12-14-29-15-13-28/h20H,4-19H2,1-3H3,(H2,23,24,25). The number of rotatable bonds is 7. The van der Waals surface area contributed by atoms with E-state index in [0.29, 0.717) is 11.5 Å². The summed E-state index contributed by atoms with van der Waals surface area (Å²) >= 11 is 0. The average Bonchev–Trinajstić information content (AvgIpc) is 2.74. The molecule has 168 valence electrons. The Balaban J connectivity index is 1.59. The number of guanidine groups is 1. The number of morpholine rings is 1. The predicted molar refractivity (Wildman–Crippen MR) is 121 cm³/mol. The number of likely N-dealkylation sites (N-methyl/N-ethyl adjacent to an activating group) is 2. The molecule has 0 radical (unpaired) electrons. The number of aliphatic imine (C=N–C) groups is 1. The van der Waals surface area contributed by atoms with Crippen molar-refractivity contribution in [1.29, 1.82) is 0 Å². The first-order valence-electron chi connectivity index (χ1n) is 11.8. The van der Waals surface area contributed by atoms with Crippen LogP contribution >= 0.6 is 0 Å². The van der Waals surface area contributed by atoms with E-state index in [9.17, 15) is 0 Å². The van der Waals surface area contributed by atoms with Gasteiger partial charge in [-0.05, 0) is 33.9 Å².